The van der Waals surface area contributed by atoms with Gasteiger partial charge in [0.05, 0.1) is 6.54 Å². The van der Waals surface area contributed by atoms with Gasteiger partial charge >= 0.3 is 6.03 Å². The molecule has 42 heavy (non-hydrogen) atoms. The molecule has 0 radical (unpaired) electrons. The van der Waals surface area contributed by atoms with E-state index < -0.39 is 0 Å². The number of benzene rings is 4. The lowest BCUT2D eigenvalue weighted by molar-refractivity contribution is -0.0145. The minimum Gasteiger partial charge on any atom is -0.489 e. The average molecular weight is 562 g/mol. The van der Waals surface area contributed by atoms with Gasteiger partial charge in [0, 0.05) is 18.8 Å². The molecule has 1 fully saturated rings. The van der Waals surface area contributed by atoms with E-state index in [9.17, 15) is 4.79 Å². The Labute approximate surface area is 251 Å². The summed E-state index contributed by atoms with van der Waals surface area (Å²) in [5, 5.41) is 7.29. The molecule has 1 N–H and O–H groups in total. The molecule has 0 aliphatic carbocycles. The number of anilines is 1. The number of ether oxygens (including phenoxy) is 1. The van der Waals surface area contributed by atoms with Crippen molar-refractivity contribution in [3.8, 4) is 5.75 Å². The number of rotatable bonds is 12. The summed E-state index contributed by atoms with van der Waals surface area (Å²) in [5.41, 5.74) is 5.73. The Bertz CT molecular complexity index is 1350. The molecule has 1 saturated heterocycles. The van der Waals surface area contributed by atoms with E-state index >= 15 is 0 Å². The number of urea groups is 1. The molecule has 0 atom stereocenters. The zero-order valence-corrected chi connectivity index (χ0v) is 24.8. The summed E-state index contributed by atoms with van der Waals surface area (Å²) in [6.45, 7) is 4.96. The third-order valence-corrected chi connectivity index (χ3v) is 8.06. The number of carbonyl (C=O) groups excluding carboxylic acids is 1. The van der Waals surface area contributed by atoms with Crippen LogP contribution in [0, 0.1) is 5.92 Å². The molecule has 0 saturated carbocycles. The van der Waals surface area contributed by atoms with E-state index in [4.69, 9.17) is 4.74 Å². The smallest absolute Gasteiger partial charge is 0.336 e. The summed E-state index contributed by atoms with van der Waals surface area (Å²) in [7, 11) is 0. The fourth-order valence-corrected chi connectivity index (χ4v) is 5.54. The van der Waals surface area contributed by atoms with Crippen molar-refractivity contribution >= 4 is 11.7 Å². The number of amides is 2. The van der Waals surface area contributed by atoms with Crippen LogP contribution in [0.2, 0.25) is 0 Å². The van der Waals surface area contributed by atoms with E-state index in [0.717, 1.165) is 61.3 Å². The molecule has 0 spiro atoms. The van der Waals surface area contributed by atoms with Crippen molar-refractivity contribution < 1.29 is 9.53 Å². The van der Waals surface area contributed by atoms with Crippen molar-refractivity contribution in [2.45, 2.75) is 58.6 Å². The highest BCUT2D eigenvalue weighted by molar-refractivity contribution is 5.89. The van der Waals surface area contributed by atoms with Crippen LogP contribution in [0.1, 0.15) is 54.9 Å². The van der Waals surface area contributed by atoms with Crippen LogP contribution in [0.25, 0.3) is 0 Å². The zero-order valence-electron chi connectivity index (χ0n) is 24.8. The Balaban J connectivity index is 1.23. The number of carbonyl (C=O) groups is 1. The van der Waals surface area contributed by atoms with E-state index in [0.29, 0.717) is 19.1 Å². The third-order valence-electron chi connectivity index (χ3n) is 8.06. The number of hydrogen-bond donors (Lipinski definition) is 1. The number of piperidine rings is 1. The van der Waals surface area contributed by atoms with Crippen molar-refractivity contribution in [1.82, 2.24) is 10.0 Å². The summed E-state index contributed by atoms with van der Waals surface area (Å²) in [6, 6.07) is 37.2. The van der Waals surface area contributed by atoms with Crippen LogP contribution in [0.15, 0.2) is 109 Å². The molecule has 218 valence electrons. The Morgan fingerprint density at radius 3 is 2.05 bits per heavy atom. The number of hydrazine groups is 1. The zero-order chi connectivity index (χ0) is 29.0. The lowest BCUT2D eigenvalue weighted by Gasteiger charge is -2.39. The first-order chi connectivity index (χ1) is 20.7. The number of hydrogen-bond acceptors (Lipinski definition) is 3. The molecule has 1 aliphatic rings. The van der Waals surface area contributed by atoms with Crippen molar-refractivity contribution in [3.05, 3.63) is 131 Å². The fraction of sp³-hybridized carbons (Fsp3) is 0.324. The summed E-state index contributed by atoms with van der Waals surface area (Å²) >= 11 is 0. The van der Waals surface area contributed by atoms with Gasteiger partial charge in [-0.15, -0.1) is 0 Å². The van der Waals surface area contributed by atoms with Crippen LogP contribution in [0.5, 0.6) is 5.75 Å². The summed E-state index contributed by atoms with van der Waals surface area (Å²) in [6.07, 6.45) is 6.65. The van der Waals surface area contributed by atoms with E-state index in [1.165, 1.54) is 24.0 Å². The molecule has 4 aromatic carbocycles. The van der Waals surface area contributed by atoms with Crippen LogP contribution < -0.4 is 10.1 Å². The molecule has 5 heteroatoms. The first-order valence-corrected chi connectivity index (χ1v) is 15.4. The van der Waals surface area contributed by atoms with Gasteiger partial charge in [-0.25, -0.2) is 9.80 Å². The maximum absolute atomic E-state index is 13.7. The first-order valence-electron chi connectivity index (χ1n) is 15.4. The van der Waals surface area contributed by atoms with Crippen LogP contribution in [-0.4, -0.2) is 29.1 Å². The van der Waals surface area contributed by atoms with Gasteiger partial charge in [-0.3, -0.25) is 5.01 Å². The number of unbranched alkanes of at least 4 members (excludes halogenated alkanes) is 1. The second kappa shape index (κ2) is 15.2. The minimum atomic E-state index is -0.0952. The molecule has 1 aliphatic heterocycles. The summed E-state index contributed by atoms with van der Waals surface area (Å²) in [4.78, 5) is 13.7. The first kappa shape index (κ1) is 29.4. The minimum absolute atomic E-state index is 0.0952. The molecule has 0 bridgehead atoms. The molecule has 4 aromatic rings. The van der Waals surface area contributed by atoms with Crippen LogP contribution in [0.3, 0.4) is 0 Å². The Morgan fingerprint density at radius 2 is 1.40 bits per heavy atom. The second-order valence-corrected chi connectivity index (χ2v) is 11.3. The number of nitrogens with zero attached hydrogens (tertiary/aromatic N) is 2. The van der Waals surface area contributed by atoms with Crippen LogP contribution in [0.4, 0.5) is 10.5 Å². The van der Waals surface area contributed by atoms with Gasteiger partial charge in [0.2, 0.25) is 0 Å². The molecule has 1 heterocycles. The average Bonchev–Trinajstić information content (AvgIpc) is 3.04. The molecule has 5 rings (SSSR count). The highest BCUT2D eigenvalue weighted by Gasteiger charge is 2.27. The lowest BCUT2D eigenvalue weighted by Crippen LogP contribution is -2.51. The highest BCUT2D eigenvalue weighted by atomic mass is 16.5. The van der Waals surface area contributed by atoms with Gasteiger partial charge in [0.15, 0.2) is 0 Å². The monoisotopic (exact) mass is 561 g/mol. The van der Waals surface area contributed by atoms with Gasteiger partial charge < -0.3 is 10.1 Å². The third kappa shape index (κ3) is 8.70. The molecule has 0 unspecified atom stereocenters. The maximum Gasteiger partial charge on any atom is 0.336 e. The normalized spacial score (nSPS) is 13.9. The van der Waals surface area contributed by atoms with Gasteiger partial charge in [0.25, 0.3) is 0 Å². The van der Waals surface area contributed by atoms with E-state index in [1.54, 1.807) is 0 Å². The molecular weight excluding hydrogens is 518 g/mol. The lowest BCUT2D eigenvalue weighted by atomic mass is 9.91. The summed E-state index contributed by atoms with van der Waals surface area (Å²) in [5.74, 6) is 1.45. The Kier molecular flexibility index (Phi) is 10.7. The molecular formula is C37H43N3O2. The van der Waals surface area contributed by atoms with E-state index in [1.807, 2.05) is 47.5 Å². The van der Waals surface area contributed by atoms with Crippen molar-refractivity contribution in [3.63, 3.8) is 0 Å². The van der Waals surface area contributed by atoms with E-state index in [2.05, 4.69) is 84.0 Å². The predicted octanol–water partition coefficient (Wildman–Crippen LogP) is 8.51. The van der Waals surface area contributed by atoms with Crippen molar-refractivity contribution in [1.29, 1.82) is 0 Å². The SMILES string of the molecule is CCCCc1ccc(NC(=O)N(Cc2ccc(OCc3ccccc3)cc2)N2CCC(Cc3ccccc3)CC2)cc1. The molecule has 5 nitrogen and oxygen atoms in total. The predicted molar refractivity (Wildman–Crippen MR) is 171 cm³/mol. The fourth-order valence-electron chi connectivity index (χ4n) is 5.54. The molecule has 0 aromatic heterocycles. The number of aryl methyl sites for hydroxylation is 1. The van der Waals surface area contributed by atoms with Crippen molar-refractivity contribution in [2.24, 2.45) is 5.92 Å². The van der Waals surface area contributed by atoms with Gasteiger partial charge in [0.1, 0.15) is 12.4 Å². The van der Waals surface area contributed by atoms with Crippen LogP contribution >= 0.6 is 0 Å². The number of nitrogens with one attached hydrogen (secondary N) is 1. The topological polar surface area (TPSA) is 44.8 Å². The standard InChI is InChI=1S/C37H43N3O2/c1-2-3-10-30-15-19-35(20-16-30)38-37(41)40(39-25-23-32(24-26-39)27-31-11-6-4-7-12-31)28-33-17-21-36(22-18-33)42-29-34-13-8-5-9-14-34/h4-9,11-22,32H,2-3,10,23-29H2,1H3,(H,38,41). The largest absolute Gasteiger partial charge is 0.489 e. The van der Waals surface area contributed by atoms with Gasteiger partial charge in [-0.1, -0.05) is 98.3 Å². The summed E-state index contributed by atoms with van der Waals surface area (Å²) < 4.78 is 5.99. The molecule has 2 amide bonds. The van der Waals surface area contributed by atoms with Crippen molar-refractivity contribution in [2.75, 3.05) is 18.4 Å². The van der Waals surface area contributed by atoms with Gasteiger partial charge in [-0.2, -0.15) is 0 Å². The van der Waals surface area contributed by atoms with Gasteiger partial charge in [-0.05, 0) is 84.5 Å². The second-order valence-electron chi connectivity index (χ2n) is 11.3. The van der Waals surface area contributed by atoms with Crippen LogP contribution in [-0.2, 0) is 26.0 Å². The Morgan fingerprint density at radius 1 is 0.786 bits per heavy atom. The quantitative estimate of drug-likeness (QED) is 0.189. The maximum atomic E-state index is 13.7. The Hall–Kier alpha value is -4.09. The van der Waals surface area contributed by atoms with E-state index in [-0.39, 0.29) is 6.03 Å². The highest BCUT2D eigenvalue weighted by Crippen LogP contribution is 2.25.